The summed E-state index contributed by atoms with van der Waals surface area (Å²) in [6, 6.07) is 8.47. The zero-order valence-corrected chi connectivity index (χ0v) is 13.8. The number of nitrogens with one attached hydrogen (secondary N) is 1. The van der Waals surface area contributed by atoms with Gasteiger partial charge in [0.1, 0.15) is 6.29 Å². The van der Waals surface area contributed by atoms with Gasteiger partial charge in [0.25, 0.3) is 0 Å². The highest BCUT2D eigenvalue weighted by Gasteiger charge is 2.16. The number of anilines is 1. The van der Waals surface area contributed by atoms with Crippen LogP contribution in [-0.2, 0) is 17.6 Å². The number of rotatable bonds is 7. The molecule has 1 aromatic heterocycles. The third kappa shape index (κ3) is 3.90. The molecule has 1 aromatic carbocycles. The van der Waals surface area contributed by atoms with Crippen molar-refractivity contribution in [1.82, 2.24) is 4.98 Å². The van der Waals surface area contributed by atoms with Gasteiger partial charge in [-0.15, -0.1) is 0 Å². The molecule has 0 spiro atoms. The van der Waals surface area contributed by atoms with Crippen molar-refractivity contribution >= 4 is 22.9 Å². The van der Waals surface area contributed by atoms with Gasteiger partial charge >= 0.3 is 0 Å². The minimum absolute atomic E-state index is 0.688. The van der Waals surface area contributed by atoms with Crippen molar-refractivity contribution in [2.24, 2.45) is 0 Å². The number of hydrogen-bond donors (Lipinski definition) is 1. The zero-order chi connectivity index (χ0) is 15.9. The summed E-state index contributed by atoms with van der Waals surface area (Å²) in [5.74, 6) is 0. The van der Waals surface area contributed by atoms with E-state index in [0.717, 1.165) is 50.5 Å². The monoisotopic (exact) mass is 310 g/mol. The van der Waals surface area contributed by atoms with Gasteiger partial charge in [-0.25, -0.2) is 0 Å². The Hall–Kier alpha value is -1.90. The average Bonchev–Trinajstić information content (AvgIpc) is 2.82. The topological polar surface area (TPSA) is 42.0 Å². The van der Waals surface area contributed by atoms with Crippen LogP contribution in [0.15, 0.2) is 24.3 Å². The largest absolute Gasteiger partial charge is 0.384 e. The molecule has 0 saturated heterocycles. The molecule has 1 aliphatic rings. The molecule has 0 saturated carbocycles. The average molecular weight is 310 g/mol. The zero-order valence-electron chi connectivity index (χ0n) is 13.8. The first-order valence-electron chi connectivity index (χ1n) is 8.98. The van der Waals surface area contributed by atoms with E-state index in [9.17, 15) is 4.79 Å². The van der Waals surface area contributed by atoms with Gasteiger partial charge in [0.05, 0.1) is 5.52 Å². The van der Waals surface area contributed by atoms with E-state index in [2.05, 4.69) is 29.6 Å². The summed E-state index contributed by atoms with van der Waals surface area (Å²) < 4.78 is 0. The lowest BCUT2D eigenvalue weighted by atomic mass is 10.0. The molecule has 1 heterocycles. The van der Waals surface area contributed by atoms with E-state index in [4.69, 9.17) is 4.98 Å². The second kappa shape index (κ2) is 8.09. The third-order valence-corrected chi connectivity index (χ3v) is 4.72. The Balaban J connectivity index is 1.81. The molecule has 23 heavy (non-hydrogen) atoms. The minimum atomic E-state index is 0.688. The summed E-state index contributed by atoms with van der Waals surface area (Å²) >= 11 is 0. The molecule has 0 bridgehead atoms. The van der Waals surface area contributed by atoms with Crippen LogP contribution in [0.4, 0.5) is 5.69 Å². The van der Waals surface area contributed by atoms with Gasteiger partial charge in [0.15, 0.2) is 0 Å². The van der Waals surface area contributed by atoms with E-state index in [-0.39, 0.29) is 0 Å². The molecule has 122 valence electrons. The Bertz CT molecular complexity index is 666. The quantitative estimate of drug-likeness (QED) is 0.459. The summed E-state index contributed by atoms with van der Waals surface area (Å²) in [7, 11) is 0. The summed E-state index contributed by atoms with van der Waals surface area (Å²) in [6.45, 7) is 0.972. The molecule has 0 aliphatic heterocycles. The van der Waals surface area contributed by atoms with Crippen molar-refractivity contribution in [3.63, 3.8) is 0 Å². The van der Waals surface area contributed by atoms with E-state index in [1.165, 1.54) is 41.6 Å². The number of pyridine rings is 1. The molecule has 0 amide bonds. The van der Waals surface area contributed by atoms with Gasteiger partial charge in [-0.2, -0.15) is 0 Å². The smallest absolute Gasteiger partial charge is 0.119 e. The first kappa shape index (κ1) is 16.0. The lowest BCUT2D eigenvalue weighted by Gasteiger charge is -2.17. The summed E-state index contributed by atoms with van der Waals surface area (Å²) in [5.41, 5.74) is 5.15. The normalized spacial score (nSPS) is 14.3. The van der Waals surface area contributed by atoms with Gasteiger partial charge in [-0.3, -0.25) is 4.98 Å². The minimum Gasteiger partial charge on any atom is -0.384 e. The van der Waals surface area contributed by atoms with Crippen molar-refractivity contribution < 1.29 is 4.79 Å². The van der Waals surface area contributed by atoms with Crippen molar-refractivity contribution in [1.29, 1.82) is 0 Å². The van der Waals surface area contributed by atoms with E-state index >= 15 is 0 Å². The van der Waals surface area contributed by atoms with E-state index in [0.29, 0.717) is 6.42 Å². The molecular weight excluding hydrogens is 284 g/mol. The maximum absolute atomic E-state index is 10.4. The molecular formula is C20H26N2O. The van der Waals surface area contributed by atoms with Gasteiger partial charge in [0.2, 0.25) is 0 Å². The Kier molecular flexibility index (Phi) is 5.62. The van der Waals surface area contributed by atoms with Gasteiger partial charge in [-0.05, 0) is 50.2 Å². The fourth-order valence-corrected chi connectivity index (χ4v) is 3.49. The summed E-state index contributed by atoms with van der Waals surface area (Å²) in [5, 5.41) is 4.94. The number of para-hydroxylation sites is 1. The van der Waals surface area contributed by atoms with Crippen molar-refractivity contribution in [3.05, 3.63) is 35.5 Å². The van der Waals surface area contributed by atoms with E-state index in [1.54, 1.807) is 0 Å². The highest BCUT2D eigenvalue weighted by Crippen LogP contribution is 2.32. The number of fused-ring (bicyclic) bond motifs is 2. The highest BCUT2D eigenvalue weighted by molar-refractivity contribution is 5.93. The second-order valence-corrected chi connectivity index (χ2v) is 6.43. The number of benzene rings is 1. The van der Waals surface area contributed by atoms with Gasteiger partial charge in [0, 0.05) is 29.7 Å². The van der Waals surface area contributed by atoms with Crippen LogP contribution in [0.1, 0.15) is 56.2 Å². The number of aromatic nitrogens is 1. The predicted molar refractivity (Wildman–Crippen MR) is 96.0 cm³/mol. The van der Waals surface area contributed by atoms with Crippen LogP contribution in [0.2, 0.25) is 0 Å². The number of unbranched alkanes of at least 4 members (excludes halogenated alkanes) is 3. The molecule has 3 rings (SSSR count). The lowest BCUT2D eigenvalue weighted by Crippen LogP contribution is -2.08. The Morgan fingerprint density at radius 1 is 1.04 bits per heavy atom. The molecule has 2 aromatic rings. The number of hydrogen-bond acceptors (Lipinski definition) is 3. The molecule has 0 fully saturated rings. The number of carbonyl (C=O) groups is 1. The number of aryl methyl sites for hydroxylation is 1. The molecule has 3 heteroatoms. The maximum atomic E-state index is 10.4. The number of nitrogens with zero attached hydrogens (tertiary/aromatic N) is 1. The summed E-state index contributed by atoms with van der Waals surface area (Å²) in [6.07, 6.45) is 11.0. The van der Waals surface area contributed by atoms with E-state index < -0.39 is 0 Å². The third-order valence-electron chi connectivity index (χ3n) is 4.72. The molecule has 1 N–H and O–H groups in total. The molecule has 0 radical (unpaired) electrons. The van der Waals surface area contributed by atoms with Crippen LogP contribution in [0, 0.1) is 0 Å². The van der Waals surface area contributed by atoms with Crippen molar-refractivity contribution in [3.8, 4) is 0 Å². The SMILES string of the molecule is O=CCCCCCNc1c2c(nc3ccccc13)CCCCC2. The van der Waals surface area contributed by atoms with Gasteiger partial charge in [-0.1, -0.05) is 31.0 Å². The fourth-order valence-electron chi connectivity index (χ4n) is 3.49. The van der Waals surface area contributed by atoms with Crippen molar-refractivity contribution in [2.45, 2.75) is 57.8 Å². The van der Waals surface area contributed by atoms with Crippen LogP contribution in [0.5, 0.6) is 0 Å². The highest BCUT2D eigenvalue weighted by atomic mass is 16.1. The van der Waals surface area contributed by atoms with Crippen LogP contribution in [0.25, 0.3) is 10.9 Å². The second-order valence-electron chi connectivity index (χ2n) is 6.43. The maximum Gasteiger partial charge on any atom is 0.119 e. The first-order chi connectivity index (χ1) is 11.4. The summed E-state index contributed by atoms with van der Waals surface area (Å²) in [4.78, 5) is 15.3. The van der Waals surface area contributed by atoms with Crippen LogP contribution < -0.4 is 5.32 Å². The first-order valence-corrected chi connectivity index (χ1v) is 8.98. The Labute approximate surface area is 138 Å². The van der Waals surface area contributed by atoms with Gasteiger partial charge < -0.3 is 10.1 Å². The molecule has 0 atom stereocenters. The predicted octanol–water partition coefficient (Wildman–Crippen LogP) is 4.67. The van der Waals surface area contributed by atoms with E-state index in [1.807, 2.05) is 0 Å². The van der Waals surface area contributed by atoms with Crippen LogP contribution >= 0.6 is 0 Å². The fraction of sp³-hybridized carbons (Fsp3) is 0.500. The molecule has 0 unspecified atom stereocenters. The van der Waals surface area contributed by atoms with Crippen molar-refractivity contribution in [2.75, 3.05) is 11.9 Å². The molecule has 1 aliphatic carbocycles. The lowest BCUT2D eigenvalue weighted by molar-refractivity contribution is -0.107. The number of aldehydes is 1. The molecule has 3 nitrogen and oxygen atoms in total. The Morgan fingerprint density at radius 3 is 2.83 bits per heavy atom. The standard InChI is InChI=1S/C20H26N2O/c23-15-9-2-1-8-14-21-20-16-10-4-3-5-12-18(16)22-19-13-7-6-11-17(19)20/h6-7,11,13,15H,1-5,8-10,12,14H2,(H,21,22). The Morgan fingerprint density at radius 2 is 1.91 bits per heavy atom. The van der Waals surface area contributed by atoms with Crippen LogP contribution in [-0.4, -0.2) is 17.8 Å². The number of carbonyl (C=O) groups excluding carboxylic acids is 1. The van der Waals surface area contributed by atoms with Crippen LogP contribution in [0.3, 0.4) is 0 Å².